The number of nitrogens with two attached hydrogens (primary N) is 1. The highest BCUT2D eigenvalue weighted by molar-refractivity contribution is 5.76. The van der Waals surface area contributed by atoms with Crippen molar-refractivity contribution in [3.8, 4) is 0 Å². The maximum absolute atomic E-state index is 11.7. The van der Waals surface area contributed by atoms with Crippen LogP contribution >= 0.6 is 0 Å². The Hall–Kier alpha value is -0.570. The zero-order valence-corrected chi connectivity index (χ0v) is 11.0. The zero-order valence-electron chi connectivity index (χ0n) is 11.0. The maximum Gasteiger partial charge on any atom is 0.234 e. The number of nitrogens with one attached hydrogen (secondary N) is 1. The van der Waals surface area contributed by atoms with Crippen LogP contribution in [0.15, 0.2) is 0 Å². The number of carbonyl (C=O) groups is 1. The van der Waals surface area contributed by atoms with Crippen molar-refractivity contribution in [3.63, 3.8) is 0 Å². The standard InChI is InChI=1S/C14H24N2O/c1-12-3-10-4-13(2,7-12)9-14(5-10,8-12)6-11(17)16-15/h10H,3-9,15H2,1-2H3,(H,16,17)/t10?,12-,13+,14?. The molecule has 4 bridgehead atoms. The lowest BCUT2D eigenvalue weighted by Gasteiger charge is -2.65. The summed E-state index contributed by atoms with van der Waals surface area (Å²) in [6, 6.07) is 0. The van der Waals surface area contributed by atoms with E-state index >= 15 is 0 Å². The molecule has 0 aliphatic heterocycles. The van der Waals surface area contributed by atoms with Gasteiger partial charge in [-0.3, -0.25) is 10.2 Å². The van der Waals surface area contributed by atoms with Crippen molar-refractivity contribution in [3.05, 3.63) is 0 Å². The van der Waals surface area contributed by atoms with E-state index in [1.165, 1.54) is 38.5 Å². The van der Waals surface area contributed by atoms with E-state index in [2.05, 4.69) is 19.3 Å². The Morgan fingerprint density at radius 2 is 1.76 bits per heavy atom. The molecular formula is C14H24N2O. The van der Waals surface area contributed by atoms with E-state index in [1.54, 1.807) is 0 Å². The van der Waals surface area contributed by atoms with Gasteiger partial charge in [-0.1, -0.05) is 13.8 Å². The van der Waals surface area contributed by atoms with Crippen molar-refractivity contribution in [2.75, 3.05) is 0 Å². The summed E-state index contributed by atoms with van der Waals surface area (Å²) in [6.45, 7) is 4.87. The van der Waals surface area contributed by atoms with Gasteiger partial charge in [0.25, 0.3) is 0 Å². The molecule has 4 aliphatic carbocycles. The quantitative estimate of drug-likeness (QED) is 0.439. The van der Waals surface area contributed by atoms with E-state index in [1.807, 2.05) is 0 Å². The summed E-state index contributed by atoms with van der Waals surface area (Å²) in [4.78, 5) is 11.7. The van der Waals surface area contributed by atoms with E-state index in [9.17, 15) is 4.79 Å². The second-order valence-corrected chi connectivity index (χ2v) is 7.87. The Morgan fingerprint density at radius 1 is 1.18 bits per heavy atom. The van der Waals surface area contributed by atoms with Gasteiger partial charge in [0.05, 0.1) is 0 Å². The molecule has 2 unspecified atom stereocenters. The summed E-state index contributed by atoms with van der Waals surface area (Å²) >= 11 is 0. The first-order chi connectivity index (χ1) is 7.86. The molecule has 3 N–H and O–H groups in total. The molecule has 0 aromatic carbocycles. The Bertz CT molecular complexity index is 347. The molecule has 4 aliphatic rings. The summed E-state index contributed by atoms with van der Waals surface area (Å²) in [5.74, 6) is 6.15. The summed E-state index contributed by atoms with van der Waals surface area (Å²) in [6.07, 6.45) is 8.50. The predicted molar refractivity (Wildman–Crippen MR) is 66.8 cm³/mol. The van der Waals surface area contributed by atoms with Gasteiger partial charge in [0, 0.05) is 6.42 Å². The minimum Gasteiger partial charge on any atom is -0.294 e. The van der Waals surface area contributed by atoms with Crippen LogP contribution in [0.2, 0.25) is 0 Å². The molecule has 1 amide bonds. The van der Waals surface area contributed by atoms with Gasteiger partial charge in [-0.2, -0.15) is 0 Å². The first-order valence-corrected chi connectivity index (χ1v) is 6.86. The average Bonchev–Trinajstić information content (AvgIpc) is 2.10. The lowest BCUT2D eigenvalue weighted by Crippen LogP contribution is -2.56. The van der Waals surface area contributed by atoms with Crippen molar-refractivity contribution in [1.82, 2.24) is 5.43 Å². The Kier molecular flexibility index (Phi) is 2.20. The van der Waals surface area contributed by atoms with Crippen LogP contribution in [0, 0.1) is 22.2 Å². The van der Waals surface area contributed by atoms with Crippen LogP contribution < -0.4 is 11.3 Å². The van der Waals surface area contributed by atoms with Crippen LogP contribution in [0.3, 0.4) is 0 Å². The molecule has 3 nitrogen and oxygen atoms in total. The minimum atomic E-state index is 0.0270. The van der Waals surface area contributed by atoms with Crippen molar-refractivity contribution in [2.45, 2.75) is 58.8 Å². The van der Waals surface area contributed by atoms with Gasteiger partial charge in [0.1, 0.15) is 0 Å². The molecule has 0 saturated heterocycles. The zero-order chi connectivity index (χ0) is 12.3. The van der Waals surface area contributed by atoms with Gasteiger partial charge in [0.15, 0.2) is 0 Å². The monoisotopic (exact) mass is 236 g/mol. The van der Waals surface area contributed by atoms with Crippen LogP contribution in [0.1, 0.15) is 58.8 Å². The highest BCUT2D eigenvalue weighted by Crippen LogP contribution is 2.70. The molecule has 4 atom stereocenters. The number of hydrogen-bond donors (Lipinski definition) is 2. The molecule has 0 radical (unpaired) electrons. The molecule has 0 aromatic heterocycles. The highest BCUT2D eigenvalue weighted by atomic mass is 16.2. The molecule has 96 valence electrons. The summed E-state index contributed by atoms with van der Waals surface area (Å²) < 4.78 is 0. The smallest absolute Gasteiger partial charge is 0.234 e. The van der Waals surface area contributed by atoms with Crippen molar-refractivity contribution in [2.24, 2.45) is 28.0 Å². The molecule has 4 fully saturated rings. The van der Waals surface area contributed by atoms with Gasteiger partial charge in [-0.05, 0) is 60.7 Å². The number of hydrazine groups is 1. The average molecular weight is 236 g/mol. The molecule has 4 saturated carbocycles. The van der Waals surface area contributed by atoms with Gasteiger partial charge >= 0.3 is 0 Å². The fourth-order valence-electron chi connectivity index (χ4n) is 6.27. The first-order valence-electron chi connectivity index (χ1n) is 6.86. The number of carbonyl (C=O) groups excluding carboxylic acids is 1. The predicted octanol–water partition coefficient (Wildman–Crippen LogP) is 2.36. The van der Waals surface area contributed by atoms with Crippen LogP contribution in [0.25, 0.3) is 0 Å². The summed E-state index contributed by atoms with van der Waals surface area (Å²) in [5, 5.41) is 0. The number of rotatable bonds is 2. The fourth-order valence-corrected chi connectivity index (χ4v) is 6.27. The third-order valence-corrected chi connectivity index (χ3v) is 5.44. The third-order valence-electron chi connectivity index (χ3n) is 5.44. The van der Waals surface area contributed by atoms with Gasteiger partial charge < -0.3 is 0 Å². The second-order valence-electron chi connectivity index (χ2n) is 7.87. The number of hydrogen-bond acceptors (Lipinski definition) is 2. The van der Waals surface area contributed by atoms with Gasteiger partial charge in [0.2, 0.25) is 5.91 Å². The topological polar surface area (TPSA) is 55.1 Å². The molecule has 0 spiro atoms. The van der Waals surface area contributed by atoms with Crippen LogP contribution in [0.5, 0.6) is 0 Å². The largest absolute Gasteiger partial charge is 0.294 e. The van der Waals surface area contributed by atoms with E-state index in [0.717, 1.165) is 5.92 Å². The molecular weight excluding hydrogens is 212 g/mol. The van der Waals surface area contributed by atoms with E-state index < -0.39 is 0 Å². The molecule has 0 aromatic rings. The second kappa shape index (κ2) is 3.25. The maximum atomic E-state index is 11.7. The van der Waals surface area contributed by atoms with Gasteiger partial charge in [-0.25, -0.2) is 5.84 Å². The van der Waals surface area contributed by atoms with Crippen molar-refractivity contribution < 1.29 is 4.79 Å². The van der Waals surface area contributed by atoms with E-state index in [-0.39, 0.29) is 11.3 Å². The molecule has 3 heteroatoms. The summed E-state index contributed by atoms with van der Waals surface area (Å²) in [5.41, 5.74) is 3.56. The molecule has 0 heterocycles. The summed E-state index contributed by atoms with van der Waals surface area (Å²) in [7, 11) is 0. The van der Waals surface area contributed by atoms with Crippen LogP contribution in [-0.4, -0.2) is 5.91 Å². The molecule has 17 heavy (non-hydrogen) atoms. The molecule has 4 rings (SSSR count). The minimum absolute atomic E-state index is 0.0270. The lowest BCUT2D eigenvalue weighted by atomic mass is 9.40. The highest BCUT2D eigenvalue weighted by Gasteiger charge is 2.60. The third kappa shape index (κ3) is 1.79. The van der Waals surface area contributed by atoms with Crippen LogP contribution in [0.4, 0.5) is 0 Å². The lowest BCUT2D eigenvalue weighted by molar-refractivity contribution is -0.156. The SMILES string of the molecule is C[C@]12CC3CC(CC(=O)NN)(C1)C[C@@](C)(C3)C2. The Morgan fingerprint density at radius 3 is 2.24 bits per heavy atom. The normalized spacial score (nSPS) is 51.6. The first kappa shape index (κ1) is 11.5. The van der Waals surface area contributed by atoms with E-state index in [0.29, 0.717) is 17.3 Å². The number of amides is 1. The van der Waals surface area contributed by atoms with Gasteiger partial charge in [-0.15, -0.1) is 0 Å². The Labute approximate surface area is 103 Å². The van der Waals surface area contributed by atoms with Crippen LogP contribution in [-0.2, 0) is 4.79 Å². The van der Waals surface area contributed by atoms with E-state index in [4.69, 9.17) is 5.84 Å². The Balaban J connectivity index is 1.89. The van der Waals surface area contributed by atoms with Crippen molar-refractivity contribution in [1.29, 1.82) is 0 Å². The fraction of sp³-hybridized carbons (Fsp3) is 0.929. The van der Waals surface area contributed by atoms with Crippen molar-refractivity contribution >= 4 is 5.91 Å².